The van der Waals surface area contributed by atoms with Crippen LogP contribution in [0.15, 0.2) is 82.6 Å². The summed E-state index contributed by atoms with van der Waals surface area (Å²) in [6.07, 6.45) is 3.14. The molecule has 34 heavy (non-hydrogen) atoms. The van der Waals surface area contributed by atoms with E-state index in [1.807, 2.05) is 18.2 Å². The van der Waals surface area contributed by atoms with Gasteiger partial charge in [0, 0.05) is 33.5 Å². The van der Waals surface area contributed by atoms with Crippen molar-refractivity contribution in [2.75, 3.05) is 0 Å². The Balaban J connectivity index is 1.56. The molecule has 1 aliphatic rings. The van der Waals surface area contributed by atoms with Crippen molar-refractivity contribution >= 4 is 53.2 Å². The summed E-state index contributed by atoms with van der Waals surface area (Å²) in [7, 11) is 0. The maximum Gasteiger partial charge on any atom is 0.262 e. The Morgan fingerprint density at radius 3 is 2.50 bits per heavy atom. The second kappa shape index (κ2) is 8.70. The number of hydrogen-bond donors (Lipinski definition) is 2. The van der Waals surface area contributed by atoms with Gasteiger partial charge in [0.05, 0.1) is 11.4 Å². The summed E-state index contributed by atoms with van der Waals surface area (Å²) in [5.41, 5.74) is 3.12. The van der Waals surface area contributed by atoms with Gasteiger partial charge in [-0.3, -0.25) is 24.1 Å². The third-order valence-corrected chi connectivity index (χ3v) is 5.99. The molecule has 8 heteroatoms. The van der Waals surface area contributed by atoms with Crippen molar-refractivity contribution in [2.45, 2.75) is 0 Å². The monoisotopic (exact) mass is 485 g/mol. The number of ketones is 1. The van der Waals surface area contributed by atoms with E-state index in [-0.39, 0.29) is 22.0 Å². The minimum atomic E-state index is -0.530. The lowest BCUT2D eigenvalue weighted by Gasteiger charge is -2.12. The van der Waals surface area contributed by atoms with Crippen molar-refractivity contribution in [3.8, 4) is 11.6 Å². The van der Waals surface area contributed by atoms with Gasteiger partial charge in [-0.25, -0.2) is 0 Å². The smallest absolute Gasteiger partial charge is 0.262 e. The van der Waals surface area contributed by atoms with Gasteiger partial charge < -0.3 is 5.11 Å². The molecule has 0 amide bonds. The maximum atomic E-state index is 12.8. The highest BCUT2D eigenvalue weighted by Crippen LogP contribution is 2.35. The van der Waals surface area contributed by atoms with E-state index < -0.39 is 5.56 Å². The largest absolute Gasteiger partial charge is 0.494 e. The molecule has 2 N–H and O–H groups in total. The van der Waals surface area contributed by atoms with Gasteiger partial charge in [0.15, 0.2) is 10.6 Å². The van der Waals surface area contributed by atoms with E-state index in [9.17, 15) is 14.7 Å². The first-order valence-corrected chi connectivity index (χ1v) is 11.0. The fourth-order valence-electron chi connectivity index (χ4n) is 3.76. The lowest BCUT2D eigenvalue weighted by Crippen LogP contribution is -2.16. The fourth-order valence-corrected chi connectivity index (χ4v) is 4.17. The first-order chi connectivity index (χ1) is 16.4. The Labute approximate surface area is 204 Å². The second-order valence-electron chi connectivity index (χ2n) is 7.59. The number of benzene rings is 3. The van der Waals surface area contributed by atoms with Crippen LogP contribution < -0.4 is 5.56 Å². The molecule has 0 saturated heterocycles. The predicted molar refractivity (Wildman–Crippen MR) is 136 cm³/mol. The summed E-state index contributed by atoms with van der Waals surface area (Å²) in [5.74, 6) is -0.406. The molecule has 0 saturated carbocycles. The Morgan fingerprint density at radius 2 is 1.76 bits per heavy atom. The van der Waals surface area contributed by atoms with Gasteiger partial charge >= 0.3 is 0 Å². The minimum absolute atomic E-state index is 0.0299. The summed E-state index contributed by atoms with van der Waals surface area (Å²) < 4.78 is 1.41. The van der Waals surface area contributed by atoms with E-state index in [2.05, 4.69) is 9.98 Å². The first-order valence-electron chi connectivity index (χ1n) is 10.3. The molecule has 0 spiro atoms. The highest BCUT2D eigenvalue weighted by Gasteiger charge is 2.19. The summed E-state index contributed by atoms with van der Waals surface area (Å²) in [6.45, 7) is 0. The zero-order valence-corrected chi connectivity index (χ0v) is 19.1. The van der Waals surface area contributed by atoms with Gasteiger partial charge in [-0.15, -0.1) is 0 Å². The van der Waals surface area contributed by atoms with Crippen LogP contribution in [-0.4, -0.2) is 26.7 Å². The Morgan fingerprint density at radius 1 is 1.03 bits per heavy atom. The number of carbonyl (C=O) groups excluding carboxylic acids is 1. The normalized spacial score (nSPS) is 13.3. The Hall–Kier alpha value is -4.07. The fraction of sp³-hybridized carbons (Fsp3) is 0. The van der Waals surface area contributed by atoms with E-state index in [4.69, 9.17) is 23.8 Å². The first kappa shape index (κ1) is 21.8. The van der Waals surface area contributed by atoms with Crippen molar-refractivity contribution in [1.29, 1.82) is 0 Å². The SMILES string of the molecule is O=C(c1ccccc1)c1ccc2c(c1)N=CC2=Cc1c(O)n(-c2ccc(Cl)cc2)c(=S)[nH]c1=O. The topological polar surface area (TPSA) is 87.4 Å². The third-order valence-electron chi connectivity index (χ3n) is 5.46. The number of H-pyrrole nitrogens is 1. The number of nitrogens with zero attached hydrogens (tertiary/aromatic N) is 2. The standard InChI is InChI=1S/C26H16ClN3O3S/c27-18-7-9-19(10-8-18)30-25(33)21(24(32)29-26(30)34)12-17-14-28-22-13-16(6-11-20(17)22)23(31)15-4-2-1-3-5-15/h1-14,33H,(H,29,32,34). The molecular formula is C26H16ClN3O3S. The number of aromatic nitrogens is 2. The van der Waals surface area contributed by atoms with E-state index in [1.54, 1.807) is 66.9 Å². The third kappa shape index (κ3) is 3.91. The van der Waals surface area contributed by atoms with Crippen molar-refractivity contribution < 1.29 is 9.90 Å². The van der Waals surface area contributed by atoms with Gasteiger partial charge in [0.25, 0.3) is 5.56 Å². The number of halogens is 1. The van der Waals surface area contributed by atoms with Gasteiger partial charge in [0.2, 0.25) is 5.88 Å². The number of allylic oxidation sites excluding steroid dienone is 1. The Bertz CT molecular complexity index is 1620. The van der Waals surface area contributed by atoms with Gasteiger partial charge in [-0.05, 0) is 48.6 Å². The number of carbonyl (C=O) groups is 1. The molecule has 166 valence electrons. The number of hydrogen-bond acceptors (Lipinski definition) is 5. The molecule has 0 radical (unpaired) electrons. The minimum Gasteiger partial charge on any atom is -0.494 e. The van der Waals surface area contributed by atoms with Crippen molar-refractivity contribution in [3.63, 3.8) is 0 Å². The molecule has 0 atom stereocenters. The summed E-state index contributed by atoms with van der Waals surface area (Å²) in [5, 5.41) is 11.5. The van der Waals surface area contributed by atoms with Crippen molar-refractivity contribution in [3.05, 3.63) is 115 Å². The van der Waals surface area contributed by atoms with Gasteiger partial charge in [-0.2, -0.15) is 0 Å². The summed E-state index contributed by atoms with van der Waals surface area (Å²) in [4.78, 5) is 32.4. The lowest BCUT2D eigenvalue weighted by atomic mass is 9.98. The second-order valence-corrected chi connectivity index (χ2v) is 8.42. The van der Waals surface area contributed by atoms with Crippen LogP contribution >= 0.6 is 23.8 Å². The molecule has 4 aromatic rings. The Kier molecular flexibility index (Phi) is 5.57. The lowest BCUT2D eigenvalue weighted by molar-refractivity contribution is 0.103. The van der Waals surface area contributed by atoms with Gasteiger partial charge in [-0.1, -0.05) is 54.1 Å². The number of aromatic amines is 1. The number of aliphatic imine (C=N–C) groups is 1. The van der Waals surface area contributed by atoms with Crippen LogP contribution in [0.4, 0.5) is 5.69 Å². The van der Waals surface area contributed by atoms with Crippen molar-refractivity contribution in [2.24, 2.45) is 4.99 Å². The average molecular weight is 486 g/mol. The van der Waals surface area contributed by atoms with Crippen LogP contribution in [0, 0.1) is 4.77 Å². The van der Waals surface area contributed by atoms with Crippen LogP contribution in [0.25, 0.3) is 17.3 Å². The quantitative estimate of drug-likeness (QED) is 0.285. The van der Waals surface area contributed by atoms with Crippen LogP contribution in [0.5, 0.6) is 5.88 Å². The number of rotatable bonds is 4. The summed E-state index contributed by atoms with van der Waals surface area (Å²) >= 11 is 11.2. The number of aromatic hydroxyl groups is 1. The molecule has 6 nitrogen and oxygen atoms in total. The van der Waals surface area contributed by atoms with E-state index in [0.717, 1.165) is 5.56 Å². The van der Waals surface area contributed by atoms with Crippen LogP contribution in [0.2, 0.25) is 5.02 Å². The van der Waals surface area contributed by atoms with Crippen molar-refractivity contribution in [1.82, 2.24) is 9.55 Å². The molecule has 0 aliphatic carbocycles. The zero-order valence-electron chi connectivity index (χ0n) is 17.5. The summed E-state index contributed by atoms with van der Waals surface area (Å²) in [6, 6.07) is 20.9. The molecule has 1 aliphatic heterocycles. The van der Waals surface area contributed by atoms with E-state index in [0.29, 0.717) is 33.1 Å². The number of nitrogens with one attached hydrogen (secondary N) is 1. The molecule has 0 unspecified atom stereocenters. The van der Waals surface area contributed by atoms with E-state index in [1.165, 1.54) is 4.57 Å². The molecule has 5 rings (SSSR count). The van der Waals surface area contributed by atoms with Gasteiger partial charge in [0.1, 0.15) is 5.56 Å². The van der Waals surface area contributed by atoms with Crippen LogP contribution in [-0.2, 0) is 0 Å². The molecular weight excluding hydrogens is 470 g/mol. The predicted octanol–water partition coefficient (Wildman–Crippen LogP) is 5.74. The molecule has 1 aromatic heterocycles. The van der Waals surface area contributed by atoms with E-state index >= 15 is 0 Å². The van der Waals surface area contributed by atoms with Crippen LogP contribution in [0.3, 0.4) is 0 Å². The average Bonchev–Trinajstić information content (AvgIpc) is 3.25. The number of fused-ring (bicyclic) bond motifs is 1. The zero-order chi connectivity index (χ0) is 23.8. The van der Waals surface area contributed by atoms with Crippen LogP contribution in [0.1, 0.15) is 27.0 Å². The maximum absolute atomic E-state index is 12.8. The molecule has 0 fully saturated rings. The molecule has 3 aromatic carbocycles. The highest BCUT2D eigenvalue weighted by molar-refractivity contribution is 7.71. The molecule has 0 bridgehead atoms. The highest BCUT2D eigenvalue weighted by atomic mass is 35.5. The molecule has 2 heterocycles.